The SMILES string of the molecule is CCCNC(CN(CC)C(C)C)C(C)CC. The topological polar surface area (TPSA) is 15.3 Å². The van der Waals surface area contributed by atoms with E-state index in [4.69, 9.17) is 0 Å². The summed E-state index contributed by atoms with van der Waals surface area (Å²) in [7, 11) is 0. The third-order valence-corrected chi connectivity index (χ3v) is 3.56. The van der Waals surface area contributed by atoms with Gasteiger partial charge in [-0.15, -0.1) is 0 Å². The van der Waals surface area contributed by atoms with E-state index in [9.17, 15) is 0 Å². The molecule has 98 valence electrons. The second-order valence-electron chi connectivity index (χ2n) is 5.13. The predicted octanol–water partition coefficient (Wildman–Crippen LogP) is 3.13. The van der Waals surface area contributed by atoms with Crippen molar-refractivity contribution in [3.05, 3.63) is 0 Å². The van der Waals surface area contributed by atoms with Crippen LogP contribution in [0.4, 0.5) is 0 Å². The Balaban J connectivity index is 4.27. The molecule has 0 rings (SSSR count). The van der Waals surface area contributed by atoms with Crippen LogP contribution >= 0.6 is 0 Å². The Morgan fingerprint density at radius 2 is 1.69 bits per heavy atom. The van der Waals surface area contributed by atoms with Crippen molar-refractivity contribution in [1.29, 1.82) is 0 Å². The van der Waals surface area contributed by atoms with Crippen molar-refractivity contribution in [2.45, 2.75) is 66.5 Å². The van der Waals surface area contributed by atoms with Gasteiger partial charge in [0.1, 0.15) is 0 Å². The molecule has 1 N–H and O–H groups in total. The van der Waals surface area contributed by atoms with E-state index in [1.54, 1.807) is 0 Å². The zero-order valence-electron chi connectivity index (χ0n) is 12.2. The molecule has 0 aliphatic heterocycles. The zero-order chi connectivity index (χ0) is 12.6. The van der Waals surface area contributed by atoms with Crippen LogP contribution in [0.3, 0.4) is 0 Å². The molecule has 0 aromatic rings. The summed E-state index contributed by atoms with van der Waals surface area (Å²) in [6.07, 6.45) is 2.48. The summed E-state index contributed by atoms with van der Waals surface area (Å²) in [6, 6.07) is 1.30. The monoisotopic (exact) mass is 228 g/mol. The largest absolute Gasteiger partial charge is 0.312 e. The lowest BCUT2D eigenvalue weighted by Crippen LogP contribution is -2.47. The summed E-state index contributed by atoms with van der Waals surface area (Å²) in [5.74, 6) is 0.763. The van der Waals surface area contributed by atoms with Gasteiger partial charge in [0.05, 0.1) is 0 Å². The first kappa shape index (κ1) is 15.9. The van der Waals surface area contributed by atoms with Gasteiger partial charge in [-0.1, -0.05) is 34.1 Å². The third kappa shape index (κ3) is 5.86. The zero-order valence-corrected chi connectivity index (χ0v) is 12.2. The average Bonchev–Trinajstić information content (AvgIpc) is 2.28. The molecule has 2 atom stereocenters. The van der Waals surface area contributed by atoms with Gasteiger partial charge in [0, 0.05) is 18.6 Å². The van der Waals surface area contributed by atoms with Crippen LogP contribution < -0.4 is 5.32 Å². The quantitative estimate of drug-likeness (QED) is 0.652. The van der Waals surface area contributed by atoms with Crippen molar-refractivity contribution in [2.75, 3.05) is 19.6 Å². The van der Waals surface area contributed by atoms with Crippen LogP contribution in [-0.4, -0.2) is 36.6 Å². The molecule has 0 aliphatic carbocycles. The number of rotatable bonds is 9. The average molecular weight is 228 g/mol. The highest BCUT2D eigenvalue weighted by atomic mass is 15.2. The third-order valence-electron chi connectivity index (χ3n) is 3.56. The molecule has 0 aromatic carbocycles. The molecule has 2 nitrogen and oxygen atoms in total. The number of hydrogen-bond acceptors (Lipinski definition) is 2. The molecule has 0 bridgehead atoms. The first-order chi connectivity index (χ1) is 7.56. The Morgan fingerprint density at radius 3 is 2.06 bits per heavy atom. The molecule has 2 heteroatoms. The molecule has 0 heterocycles. The highest BCUT2D eigenvalue weighted by Gasteiger charge is 2.19. The van der Waals surface area contributed by atoms with E-state index in [-0.39, 0.29) is 0 Å². The highest BCUT2D eigenvalue weighted by Crippen LogP contribution is 2.11. The Morgan fingerprint density at radius 1 is 1.06 bits per heavy atom. The highest BCUT2D eigenvalue weighted by molar-refractivity contribution is 4.77. The Hall–Kier alpha value is -0.0800. The molecule has 0 saturated heterocycles. The molecular formula is C14H32N2. The minimum atomic E-state index is 0.646. The molecular weight excluding hydrogens is 196 g/mol. The van der Waals surface area contributed by atoms with Gasteiger partial charge in [0.2, 0.25) is 0 Å². The van der Waals surface area contributed by atoms with Crippen molar-refractivity contribution in [2.24, 2.45) is 5.92 Å². The number of nitrogens with zero attached hydrogens (tertiary/aromatic N) is 1. The summed E-state index contributed by atoms with van der Waals surface area (Å²) in [5, 5.41) is 3.70. The Kier molecular flexibility index (Phi) is 8.96. The lowest BCUT2D eigenvalue weighted by molar-refractivity contribution is 0.182. The molecule has 0 fully saturated rings. The summed E-state index contributed by atoms with van der Waals surface area (Å²) in [5.41, 5.74) is 0. The van der Waals surface area contributed by atoms with Crippen LogP contribution in [0.1, 0.15) is 54.4 Å². The first-order valence-electron chi connectivity index (χ1n) is 7.04. The van der Waals surface area contributed by atoms with Crippen LogP contribution in [0.2, 0.25) is 0 Å². The Bertz CT molecular complexity index is 157. The minimum absolute atomic E-state index is 0.646. The molecule has 16 heavy (non-hydrogen) atoms. The fraction of sp³-hybridized carbons (Fsp3) is 1.00. The van der Waals surface area contributed by atoms with Crippen molar-refractivity contribution in [1.82, 2.24) is 10.2 Å². The van der Waals surface area contributed by atoms with Crippen LogP contribution in [0.5, 0.6) is 0 Å². The standard InChI is InChI=1S/C14H32N2/c1-7-10-15-14(13(6)8-2)11-16(9-3)12(4)5/h12-15H,7-11H2,1-6H3. The molecule has 0 radical (unpaired) electrons. The first-order valence-corrected chi connectivity index (χ1v) is 7.04. The van der Waals surface area contributed by atoms with Crippen LogP contribution in [0.15, 0.2) is 0 Å². The molecule has 0 aromatic heterocycles. The Labute approximate surface area is 103 Å². The minimum Gasteiger partial charge on any atom is -0.312 e. The van der Waals surface area contributed by atoms with Gasteiger partial charge in [0.15, 0.2) is 0 Å². The van der Waals surface area contributed by atoms with E-state index in [1.807, 2.05) is 0 Å². The van der Waals surface area contributed by atoms with E-state index >= 15 is 0 Å². The molecule has 0 amide bonds. The maximum absolute atomic E-state index is 3.70. The second kappa shape index (κ2) is 9.00. The summed E-state index contributed by atoms with van der Waals surface area (Å²) in [6.45, 7) is 17.2. The van der Waals surface area contributed by atoms with Crippen molar-refractivity contribution in [3.63, 3.8) is 0 Å². The normalized spacial score (nSPS) is 15.8. The second-order valence-corrected chi connectivity index (χ2v) is 5.13. The van der Waals surface area contributed by atoms with Gasteiger partial charge in [-0.2, -0.15) is 0 Å². The number of nitrogens with one attached hydrogen (secondary N) is 1. The van der Waals surface area contributed by atoms with Crippen LogP contribution in [-0.2, 0) is 0 Å². The van der Waals surface area contributed by atoms with Gasteiger partial charge in [-0.05, 0) is 39.3 Å². The van der Waals surface area contributed by atoms with Crippen molar-refractivity contribution < 1.29 is 0 Å². The van der Waals surface area contributed by atoms with Crippen molar-refractivity contribution in [3.8, 4) is 0 Å². The fourth-order valence-corrected chi connectivity index (χ4v) is 2.02. The fourth-order valence-electron chi connectivity index (χ4n) is 2.02. The lowest BCUT2D eigenvalue weighted by atomic mass is 9.98. The number of hydrogen-bond donors (Lipinski definition) is 1. The van der Waals surface area contributed by atoms with E-state index in [0.717, 1.165) is 19.0 Å². The lowest BCUT2D eigenvalue weighted by Gasteiger charge is -2.33. The van der Waals surface area contributed by atoms with Gasteiger partial charge in [0.25, 0.3) is 0 Å². The van der Waals surface area contributed by atoms with Gasteiger partial charge < -0.3 is 5.32 Å². The van der Waals surface area contributed by atoms with Gasteiger partial charge >= 0.3 is 0 Å². The van der Waals surface area contributed by atoms with E-state index in [0.29, 0.717) is 12.1 Å². The van der Waals surface area contributed by atoms with Gasteiger partial charge in [-0.3, -0.25) is 4.90 Å². The van der Waals surface area contributed by atoms with E-state index in [2.05, 4.69) is 51.8 Å². The van der Waals surface area contributed by atoms with E-state index < -0.39 is 0 Å². The maximum Gasteiger partial charge on any atom is 0.0220 e. The predicted molar refractivity (Wildman–Crippen MR) is 73.9 cm³/mol. The van der Waals surface area contributed by atoms with Crippen molar-refractivity contribution >= 4 is 0 Å². The summed E-state index contributed by atoms with van der Waals surface area (Å²) < 4.78 is 0. The molecule has 0 spiro atoms. The van der Waals surface area contributed by atoms with Gasteiger partial charge in [-0.25, -0.2) is 0 Å². The molecule has 2 unspecified atom stereocenters. The summed E-state index contributed by atoms with van der Waals surface area (Å²) in [4.78, 5) is 2.56. The van der Waals surface area contributed by atoms with Crippen LogP contribution in [0.25, 0.3) is 0 Å². The molecule has 0 saturated carbocycles. The van der Waals surface area contributed by atoms with Crippen LogP contribution in [0, 0.1) is 5.92 Å². The molecule has 0 aliphatic rings. The smallest absolute Gasteiger partial charge is 0.0220 e. The van der Waals surface area contributed by atoms with E-state index in [1.165, 1.54) is 19.4 Å². The summed E-state index contributed by atoms with van der Waals surface area (Å²) >= 11 is 0. The number of likely N-dealkylation sites (N-methyl/N-ethyl adjacent to an activating group) is 1. The maximum atomic E-state index is 3.70.